The molecule has 2 aromatic rings. The third-order valence-electron chi connectivity index (χ3n) is 2.64. The van der Waals surface area contributed by atoms with Crippen LogP contribution in [0.15, 0.2) is 48.5 Å². The summed E-state index contributed by atoms with van der Waals surface area (Å²) >= 11 is 0. The number of benzene rings is 2. The highest BCUT2D eigenvalue weighted by molar-refractivity contribution is 5.89. The van der Waals surface area contributed by atoms with Crippen LogP contribution in [0.5, 0.6) is 0 Å². The summed E-state index contributed by atoms with van der Waals surface area (Å²) in [7, 11) is 0. The molecule has 18 heavy (non-hydrogen) atoms. The van der Waals surface area contributed by atoms with Crippen LogP contribution in [0.1, 0.15) is 16.7 Å². The summed E-state index contributed by atoms with van der Waals surface area (Å²) in [5.74, 6) is -0.301. The van der Waals surface area contributed by atoms with E-state index in [1.807, 2.05) is 31.2 Å². The lowest BCUT2D eigenvalue weighted by atomic mass is 10.0. The summed E-state index contributed by atoms with van der Waals surface area (Å²) < 4.78 is 13.1. The highest BCUT2D eigenvalue weighted by Crippen LogP contribution is 2.18. The van der Waals surface area contributed by atoms with Crippen molar-refractivity contribution in [1.82, 2.24) is 0 Å². The van der Waals surface area contributed by atoms with Crippen LogP contribution in [0.4, 0.5) is 4.39 Å². The summed E-state index contributed by atoms with van der Waals surface area (Å²) in [6.07, 6.45) is 1.69. The first kappa shape index (κ1) is 12.1. The van der Waals surface area contributed by atoms with Gasteiger partial charge in [0.25, 0.3) is 0 Å². The lowest BCUT2D eigenvalue weighted by Gasteiger charge is -2.00. The lowest BCUT2D eigenvalue weighted by molar-refractivity contribution is 0.627. The van der Waals surface area contributed by atoms with Gasteiger partial charge in [0.2, 0.25) is 0 Å². The number of rotatable bonds is 2. The monoisotopic (exact) mass is 237 g/mol. The fraction of sp³-hybridized carbons (Fsp3) is 0.0625. The van der Waals surface area contributed by atoms with E-state index in [4.69, 9.17) is 5.26 Å². The fourth-order valence-corrected chi connectivity index (χ4v) is 1.68. The molecule has 0 saturated carbocycles. The molecule has 2 heteroatoms. The molecule has 0 saturated heterocycles. The van der Waals surface area contributed by atoms with Gasteiger partial charge in [-0.3, -0.25) is 0 Å². The van der Waals surface area contributed by atoms with Crippen molar-refractivity contribution in [2.24, 2.45) is 0 Å². The Labute approximate surface area is 106 Å². The van der Waals surface area contributed by atoms with Crippen LogP contribution in [0.3, 0.4) is 0 Å². The first-order chi connectivity index (χ1) is 8.69. The normalized spacial score (nSPS) is 11.1. The van der Waals surface area contributed by atoms with Gasteiger partial charge in [-0.05, 0) is 36.3 Å². The first-order valence-corrected chi connectivity index (χ1v) is 5.63. The van der Waals surface area contributed by atoms with Crippen LogP contribution in [0, 0.1) is 24.1 Å². The Morgan fingerprint density at radius 1 is 1.17 bits per heavy atom. The van der Waals surface area contributed by atoms with E-state index < -0.39 is 0 Å². The molecule has 88 valence electrons. The zero-order chi connectivity index (χ0) is 13.0. The Kier molecular flexibility index (Phi) is 3.54. The Balaban J connectivity index is 2.40. The maximum absolute atomic E-state index is 13.1. The molecule has 2 aromatic carbocycles. The number of hydrogen-bond acceptors (Lipinski definition) is 1. The average Bonchev–Trinajstić information content (AvgIpc) is 2.37. The lowest BCUT2D eigenvalue weighted by Crippen LogP contribution is -1.83. The molecule has 0 atom stereocenters. The Morgan fingerprint density at radius 2 is 1.89 bits per heavy atom. The van der Waals surface area contributed by atoms with Crippen molar-refractivity contribution in [3.8, 4) is 6.07 Å². The SMILES string of the molecule is Cc1ccc(/C(C#N)=C\c2cccc(F)c2)cc1. The maximum atomic E-state index is 13.1. The summed E-state index contributed by atoms with van der Waals surface area (Å²) in [6, 6.07) is 16.0. The van der Waals surface area contributed by atoms with Crippen molar-refractivity contribution in [3.63, 3.8) is 0 Å². The van der Waals surface area contributed by atoms with Crippen molar-refractivity contribution in [2.45, 2.75) is 6.92 Å². The molecule has 2 rings (SSSR count). The smallest absolute Gasteiger partial charge is 0.123 e. The third kappa shape index (κ3) is 2.83. The van der Waals surface area contributed by atoms with Crippen LogP contribution in [-0.4, -0.2) is 0 Å². The molecular weight excluding hydrogens is 225 g/mol. The van der Waals surface area contributed by atoms with E-state index >= 15 is 0 Å². The van der Waals surface area contributed by atoms with E-state index in [1.54, 1.807) is 18.2 Å². The van der Waals surface area contributed by atoms with Crippen LogP contribution in [0.2, 0.25) is 0 Å². The van der Waals surface area contributed by atoms with Gasteiger partial charge in [-0.25, -0.2) is 4.39 Å². The molecule has 0 aliphatic rings. The van der Waals surface area contributed by atoms with E-state index in [0.29, 0.717) is 11.1 Å². The molecule has 1 nitrogen and oxygen atoms in total. The number of nitrogens with zero attached hydrogens (tertiary/aromatic N) is 1. The van der Waals surface area contributed by atoms with Crippen LogP contribution < -0.4 is 0 Å². The molecular formula is C16H12FN. The minimum Gasteiger partial charge on any atom is -0.207 e. The Hall–Kier alpha value is -2.40. The largest absolute Gasteiger partial charge is 0.207 e. The van der Waals surface area contributed by atoms with Gasteiger partial charge < -0.3 is 0 Å². The second kappa shape index (κ2) is 5.29. The fourth-order valence-electron chi connectivity index (χ4n) is 1.68. The molecule has 0 aliphatic heterocycles. The minimum atomic E-state index is -0.301. The first-order valence-electron chi connectivity index (χ1n) is 5.63. The molecule has 0 amide bonds. The van der Waals surface area contributed by atoms with Crippen LogP contribution >= 0.6 is 0 Å². The summed E-state index contributed by atoms with van der Waals surface area (Å²) in [6.45, 7) is 1.99. The summed E-state index contributed by atoms with van der Waals surface area (Å²) in [5, 5.41) is 9.17. The Bertz CT molecular complexity index is 618. The maximum Gasteiger partial charge on any atom is 0.123 e. The van der Waals surface area contributed by atoms with E-state index in [-0.39, 0.29) is 5.82 Å². The summed E-state index contributed by atoms with van der Waals surface area (Å²) in [4.78, 5) is 0. The molecule has 0 bridgehead atoms. The van der Waals surface area contributed by atoms with Gasteiger partial charge in [-0.15, -0.1) is 0 Å². The molecule has 0 spiro atoms. The quantitative estimate of drug-likeness (QED) is 0.567. The average molecular weight is 237 g/mol. The molecule has 0 heterocycles. The number of aryl methyl sites for hydroxylation is 1. The Morgan fingerprint density at radius 3 is 2.50 bits per heavy atom. The van der Waals surface area contributed by atoms with Gasteiger partial charge in [0.15, 0.2) is 0 Å². The molecule has 0 aliphatic carbocycles. The second-order valence-corrected chi connectivity index (χ2v) is 4.09. The van der Waals surface area contributed by atoms with Gasteiger partial charge >= 0.3 is 0 Å². The van der Waals surface area contributed by atoms with Crippen molar-refractivity contribution in [1.29, 1.82) is 5.26 Å². The topological polar surface area (TPSA) is 23.8 Å². The number of nitriles is 1. The molecule has 0 radical (unpaired) electrons. The van der Waals surface area contributed by atoms with Gasteiger partial charge in [0.05, 0.1) is 11.6 Å². The van der Waals surface area contributed by atoms with Crippen molar-refractivity contribution in [2.75, 3.05) is 0 Å². The van der Waals surface area contributed by atoms with Crippen molar-refractivity contribution < 1.29 is 4.39 Å². The third-order valence-corrected chi connectivity index (χ3v) is 2.64. The highest BCUT2D eigenvalue weighted by Gasteiger charge is 2.01. The number of hydrogen-bond donors (Lipinski definition) is 0. The van der Waals surface area contributed by atoms with E-state index in [0.717, 1.165) is 11.1 Å². The molecule has 0 fully saturated rings. The van der Waals surface area contributed by atoms with Crippen molar-refractivity contribution in [3.05, 3.63) is 71.0 Å². The number of allylic oxidation sites excluding steroid dienone is 1. The van der Waals surface area contributed by atoms with Gasteiger partial charge in [-0.1, -0.05) is 42.0 Å². The predicted molar refractivity (Wildman–Crippen MR) is 71.1 cm³/mol. The predicted octanol–water partition coefficient (Wildman–Crippen LogP) is 4.20. The van der Waals surface area contributed by atoms with Gasteiger partial charge in [0.1, 0.15) is 5.82 Å². The van der Waals surface area contributed by atoms with Crippen LogP contribution in [-0.2, 0) is 0 Å². The van der Waals surface area contributed by atoms with E-state index in [1.165, 1.54) is 12.1 Å². The van der Waals surface area contributed by atoms with Crippen molar-refractivity contribution >= 4 is 11.6 Å². The standard InChI is InChI=1S/C16H12FN/c1-12-5-7-14(8-6-12)15(11-18)9-13-3-2-4-16(17)10-13/h2-10H,1H3/b15-9-. The minimum absolute atomic E-state index is 0.301. The van der Waals surface area contributed by atoms with Crippen LogP contribution in [0.25, 0.3) is 11.6 Å². The van der Waals surface area contributed by atoms with E-state index in [9.17, 15) is 4.39 Å². The summed E-state index contributed by atoms with van der Waals surface area (Å²) in [5.41, 5.74) is 3.20. The van der Waals surface area contributed by atoms with Gasteiger partial charge in [0, 0.05) is 0 Å². The molecule has 0 N–H and O–H groups in total. The second-order valence-electron chi connectivity index (χ2n) is 4.09. The highest BCUT2D eigenvalue weighted by atomic mass is 19.1. The molecule has 0 unspecified atom stereocenters. The van der Waals surface area contributed by atoms with Gasteiger partial charge in [-0.2, -0.15) is 5.26 Å². The molecule has 0 aromatic heterocycles. The number of halogens is 1. The zero-order valence-electron chi connectivity index (χ0n) is 10.0. The van der Waals surface area contributed by atoms with E-state index in [2.05, 4.69) is 6.07 Å². The zero-order valence-corrected chi connectivity index (χ0v) is 10.0.